The van der Waals surface area contributed by atoms with Crippen LogP contribution in [-0.4, -0.2) is 27.3 Å². The van der Waals surface area contributed by atoms with Crippen molar-refractivity contribution in [2.24, 2.45) is 0 Å². The average Bonchev–Trinajstić information content (AvgIpc) is 2.20. The van der Waals surface area contributed by atoms with Gasteiger partial charge in [0, 0.05) is 30.9 Å². The number of halogens is 1. The van der Waals surface area contributed by atoms with Gasteiger partial charge in [-0.15, -0.1) is 0 Å². The van der Waals surface area contributed by atoms with Crippen molar-refractivity contribution in [1.29, 1.82) is 0 Å². The van der Waals surface area contributed by atoms with Crippen LogP contribution in [0.5, 0.6) is 0 Å². The number of rotatable bonds is 4. The van der Waals surface area contributed by atoms with Crippen LogP contribution in [0.4, 0.5) is 11.4 Å². The molecule has 3 nitrogen and oxygen atoms in total. The molecule has 2 N–H and O–H groups in total. The summed E-state index contributed by atoms with van der Waals surface area (Å²) in [5.41, 5.74) is 8.86. The fourth-order valence-corrected chi connectivity index (χ4v) is 1.99. The molecule has 0 atom stereocenters. The predicted molar refractivity (Wildman–Crippen MR) is 68.4 cm³/mol. The number of hydrogen-bond acceptors (Lipinski definition) is 3. The quantitative estimate of drug-likeness (QED) is 0.856. The van der Waals surface area contributed by atoms with Crippen molar-refractivity contribution in [2.75, 3.05) is 37.9 Å². The first-order valence-corrected chi connectivity index (χ1v) is 5.61. The van der Waals surface area contributed by atoms with Crippen LogP contribution in [0.25, 0.3) is 0 Å². The minimum atomic E-state index is 0.715. The Kier molecular flexibility index (Phi) is 4.42. The first-order valence-electron chi connectivity index (χ1n) is 4.82. The van der Waals surface area contributed by atoms with Gasteiger partial charge in [-0.05, 0) is 40.5 Å². The number of nitrogens with zero attached hydrogens (tertiary/aromatic N) is 1. The van der Waals surface area contributed by atoms with Gasteiger partial charge in [-0.1, -0.05) is 0 Å². The number of likely N-dealkylation sites (N-methyl/N-ethyl adjacent to an activating group) is 1. The molecule has 0 aliphatic heterocycles. The van der Waals surface area contributed by atoms with Crippen molar-refractivity contribution in [1.82, 2.24) is 0 Å². The molecule has 0 saturated heterocycles. The lowest BCUT2D eigenvalue weighted by molar-refractivity contribution is 0.206. The fraction of sp³-hybridized carbons (Fsp3) is 0.455. The number of methoxy groups -OCH3 is 1. The van der Waals surface area contributed by atoms with Gasteiger partial charge in [0.05, 0.1) is 12.3 Å². The minimum Gasteiger partial charge on any atom is -0.398 e. The minimum absolute atomic E-state index is 0.715. The second-order valence-electron chi connectivity index (χ2n) is 3.57. The highest BCUT2D eigenvalue weighted by molar-refractivity contribution is 9.10. The van der Waals surface area contributed by atoms with E-state index in [1.54, 1.807) is 7.11 Å². The van der Waals surface area contributed by atoms with Gasteiger partial charge in [0.25, 0.3) is 0 Å². The normalized spacial score (nSPS) is 10.4. The van der Waals surface area contributed by atoms with Crippen molar-refractivity contribution in [3.63, 3.8) is 0 Å². The summed E-state index contributed by atoms with van der Waals surface area (Å²) in [5.74, 6) is 0. The second kappa shape index (κ2) is 5.37. The van der Waals surface area contributed by atoms with Crippen LogP contribution in [0, 0.1) is 6.92 Å². The van der Waals surface area contributed by atoms with Gasteiger partial charge in [-0.3, -0.25) is 0 Å². The Morgan fingerprint density at radius 3 is 2.73 bits per heavy atom. The summed E-state index contributed by atoms with van der Waals surface area (Å²) in [5, 5.41) is 0. The molecular weight excluding hydrogens is 256 g/mol. The third-order valence-corrected chi connectivity index (χ3v) is 3.01. The summed E-state index contributed by atoms with van der Waals surface area (Å²) in [4.78, 5) is 2.14. The molecule has 0 saturated carbocycles. The van der Waals surface area contributed by atoms with E-state index in [4.69, 9.17) is 10.5 Å². The fourth-order valence-electron chi connectivity index (χ4n) is 1.32. The molecule has 4 heteroatoms. The first kappa shape index (κ1) is 12.3. The van der Waals surface area contributed by atoms with Crippen LogP contribution in [0.2, 0.25) is 0 Å². The van der Waals surface area contributed by atoms with Gasteiger partial charge >= 0.3 is 0 Å². The molecule has 0 bridgehead atoms. The van der Waals surface area contributed by atoms with E-state index in [2.05, 4.69) is 26.9 Å². The lowest BCUT2D eigenvalue weighted by Crippen LogP contribution is -2.22. The molecular formula is C11H17BrN2O. The summed E-state index contributed by atoms with van der Waals surface area (Å²) in [7, 11) is 3.74. The number of nitrogens with two attached hydrogens (primary N) is 1. The Morgan fingerprint density at radius 2 is 2.13 bits per heavy atom. The number of anilines is 2. The Balaban J connectivity index is 2.88. The highest BCUT2D eigenvalue weighted by atomic mass is 79.9. The summed E-state index contributed by atoms with van der Waals surface area (Å²) in [6, 6.07) is 4.02. The number of ether oxygens (including phenoxy) is 1. The highest BCUT2D eigenvalue weighted by Gasteiger charge is 2.07. The summed E-state index contributed by atoms with van der Waals surface area (Å²) in [6.07, 6.45) is 0. The van der Waals surface area contributed by atoms with Crippen LogP contribution in [0.3, 0.4) is 0 Å². The van der Waals surface area contributed by atoms with Gasteiger partial charge in [0.1, 0.15) is 0 Å². The molecule has 0 radical (unpaired) electrons. The van der Waals surface area contributed by atoms with E-state index in [9.17, 15) is 0 Å². The van der Waals surface area contributed by atoms with Crippen molar-refractivity contribution in [2.45, 2.75) is 6.92 Å². The average molecular weight is 273 g/mol. The van der Waals surface area contributed by atoms with Gasteiger partial charge in [-0.25, -0.2) is 0 Å². The molecule has 0 aliphatic rings. The molecule has 0 aromatic heterocycles. The summed E-state index contributed by atoms with van der Waals surface area (Å²) >= 11 is 3.51. The van der Waals surface area contributed by atoms with E-state index < -0.39 is 0 Å². The van der Waals surface area contributed by atoms with E-state index in [1.807, 2.05) is 20.0 Å². The zero-order valence-electron chi connectivity index (χ0n) is 9.38. The molecule has 84 valence electrons. The van der Waals surface area contributed by atoms with E-state index in [0.29, 0.717) is 6.61 Å². The smallest absolute Gasteiger partial charge is 0.0637 e. The Hall–Kier alpha value is -0.740. The molecule has 1 aromatic rings. The van der Waals surface area contributed by atoms with Crippen LogP contribution < -0.4 is 10.6 Å². The zero-order valence-corrected chi connectivity index (χ0v) is 11.0. The Bertz CT molecular complexity index is 342. The molecule has 1 rings (SSSR count). The van der Waals surface area contributed by atoms with Gasteiger partial charge < -0.3 is 15.4 Å². The van der Waals surface area contributed by atoms with Crippen LogP contribution >= 0.6 is 15.9 Å². The topological polar surface area (TPSA) is 38.5 Å². The number of benzene rings is 1. The molecule has 0 unspecified atom stereocenters. The number of nitrogen functional groups attached to an aromatic ring is 1. The van der Waals surface area contributed by atoms with Gasteiger partial charge in [0.15, 0.2) is 0 Å². The third-order valence-electron chi connectivity index (χ3n) is 2.38. The molecule has 0 fully saturated rings. The van der Waals surface area contributed by atoms with Crippen LogP contribution in [-0.2, 0) is 4.74 Å². The maximum absolute atomic E-state index is 5.82. The van der Waals surface area contributed by atoms with E-state index in [-0.39, 0.29) is 0 Å². The largest absolute Gasteiger partial charge is 0.398 e. The molecule has 0 spiro atoms. The van der Waals surface area contributed by atoms with Crippen molar-refractivity contribution >= 4 is 27.3 Å². The maximum Gasteiger partial charge on any atom is 0.0637 e. The maximum atomic E-state index is 5.82. The van der Waals surface area contributed by atoms with Crippen molar-refractivity contribution in [3.05, 3.63) is 22.2 Å². The molecule has 0 amide bonds. The lowest BCUT2D eigenvalue weighted by Gasteiger charge is -2.21. The van der Waals surface area contributed by atoms with Gasteiger partial charge in [-0.2, -0.15) is 0 Å². The van der Waals surface area contributed by atoms with E-state index in [0.717, 1.165) is 28.0 Å². The third kappa shape index (κ3) is 3.11. The molecule has 15 heavy (non-hydrogen) atoms. The number of hydrogen-bond donors (Lipinski definition) is 1. The number of aryl methyl sites for hydroxylation is 1. The Morgan fingerprint density at radius 1 is 1.47 bits per heavy atom. The summed E-state index contributed by atoms with van der Waals surface area (Å²) < 4.78 is 6.06. The standard InChI is InChI=1S/C11H17BrN2O/c1-8-6-11(9(12)7-10(8)13)14(2)4-5-15-3/h6-7H,4-5,13H2,1-3H3. The molecule has 1 aromatic carbocycles. The van der Waals surface area contributed by atoms with Crippen LogP contribution in [0.15, 0.2) is 16.6 Å². The highest BCUT2D eigenvalue weighted by Crippen LogP contribution is 2.29. The zero-order chi connectivity index (χ0) is 11.4. The second-order valence-corrected chi connectivity index (χ2v) is 4.43. The molecule has 0 aliphatic carbocycles. The molecule has 0 heterocycles. The lowest BCUT2D eigenvalue weighted by atomic mass is 10.2. The van der Waals surface area contributed by atoms with Gasteiger partial charge in [0.2, 0.25) is 0 Å². The van der Waals surface area contributed by atoms with Crippen molar-refractivity contribution < 1.29 is 4.74 Å². The SMILES string of the molecule is COCCN(C)c1cc(C)c(N)cc1Br. The van der Waals surface area contributed by atoms with Crippen molar-refractivity contribution in [3.8, 4) is 0 Å². The van der Waals surface area contributed by atoms with E-state index in [1.165, 1.54) is 0 Å². The monoisotopic (exact) mass is 272 g/mol. The summed E-state index contributed by atoms with van der Waals surface area (Å²) in [6.45, 7) is 3.58. The Labute approximate surface area is 99.3 Å². The van der Waals surface area contributed by atoms with Crippen LogP contribution in [0.1, 0.15) is 5.56 Å². The predicted octanol–water partition coefficient (Wildman–Crippen LogP) is 2.42. The first-order chi connectivity index (χ1) is 7.06. The van der Waals surface area contributed by atoms with E-state index >= 15 is 0 Å².